The van der Waals surface area contributed by atoms with Gasteiger partial charge in [-0.3, -0.25) is 4.90 Å². The zero-order chi connectivity index (χ0) is 15.7. The highest BCUT2D eigenvalue weighted by Gasteiger charge is 2.13. The number of hydrogen-bond acceptors (Lipinski definition) is 4. The predicted octanol–water partition coefficient (Wildman–Crippen LogP) is 1.94. The topological polar surface area (TPSA) is 47.7 Å². The zero-order valence-corrected chi connectivity index (χ0v) is 13.4. The molecular formula is C15H23FN2O2S. The largest absolute Gasteiger partial charge is 0.389 e. The van der Waals surface area contributed by atoms with Crippen molar-refractivity contribution in [3.63, 3.8) is 0 Å². The van der Waals surface area contributed by atoms with Crippen LogP contribution in [0.5, 0.6) is 0 Å². The summed E-state index contributed by atoms with van der Waals surface area (Å²) < 4.78 is 24.5. The van der Waals surface area contributed by atoms with Gasteiger partial charge in [-0.25, -0.2) is 4.39 Å². The molecule has 0 radical (unpaired) electrons. The van der Waals surface area contributed by atoms with Gasteiger partial charge in [-0.15, -0.1) is 0 Å². The van der Waals surface area contributed by atoms with E-state index >= 15 is 0 Å². The molecule has 0 aromatic heterocycles. The van der Waals surface area contributed by atoms with E-state index in [9.17, 15) is 4.39 Å². The first kappa shape index (κ1) is 18.0. The minimum atomic E-state index is -0.334. The molecular weight excluding hydrogens is 291 g/mol. The Balaban J connectivity index is 2.77. The van der Waals surface area contributed by atoms with Crippen molar-refractivity contribution in [2.75, 3.05) is 40.5 Å². The van der Waals surface area contributed by atoms with Crippen LogP contribution in [-0.2, 0) is 16.0 Å². The molecule has 0 saturated heterocycles. The summed E-state index contributed by atoms with van der Waals surface area (Å²) in [6.07, 6.45) is 0.886. The minimum Gasteiger partial charge on any atom is -0.389 e. The number of rotatable bonds is 10. The molecule has 6 heteroatoms. The second-order valence-electron chi connectivity index (χ2n) is 4.76. The lowest BCUT2D eigenvalue weighted by Crippen LogP contribution is -2.29. The average Bonchev–Trinajstić information content (AvgIpc) is 2.46. The molecule has 0 aliphatic carbocycles. The normalized spacial score (nSPS) is 11.0. The standard InChI is InChI=1S/C15H23FN2O2S/c1-19-9-4-7-18(8-10-20-2)11-12-5-3-6-13(14(12)16)15(17)21/h3,5-6H,4,7-11H2,1-2H3,(H2,17,21). The number of methoxy groups -OCH3 is 2. The molecule has 0 spiro atoms. The van der Waals surface area contributed by atoms with Crippen molar-refractivity contribution in [1.82, 2.24) is 4.90 Å². The Morgan fingerprint density at radius 1 is 1.24 bits per heavy atom. The number of benzene rings is 1. The van der Waals surface area contributed by atoms with Crippen molar-refractivity contribution < 1.29 is 13.9 Å². The third-order valence-electron chi connectivity index (χ3n) is 3.17. The van der Waals surface area contributed by atoms with Crippen molar-refractivity contribution in [2.24, 2.45) is 5.73 Å². The number of thiocarbonyl (C=S) groups is 1. The maximum Gasteiger partial charge on any atom is 0.137 e. The van der Waals surface area contributed by atoms with Crippen LogP contribution in [0.15, 0.2) is 18.2 Å². The van der Waals surface area contributed by atoms with Gasteiger partial charge in [0.1, 0.15) is 10.8 Å². The van der Waals surface area contributed by atoms with Crippen LogP contribution in [0, 0.1) is 5.82 Å². The number of halogens is 1. The van der Waals surface area contributed by atoms with Gasteiger partial charge in [0, 0.05) is 51.6 Å². The second kappa shape index (κ2) is 9.78. The quantitative estimate of drug-likeness (QED) is 0.528. The van der Waals surface area contributed by atoms with Gasteiger partial charge in [-0.1, -0.05) is 24.4 Å². The van der Waals surface area contributed by atoms with E-state index in [-0.39, 0.29) is 10.8 Å². The summed E-state index contributed by atoms with van der Waals surface area (Å²) in [5.41, 5.74) is 6.42. The Labute approximate surface area is 131 Å². The molecule has 0 aliphatic heterocycles. The number of ether oxygens (including phenoxy) is 2. The molecule has 21 heavy (non-hydrogen) atoms. The molecule has 0 amide bonds. The van der Waals surface area contributed by atoms with Crippen molar-refractivity contribution in [2.45, 2.75) is 13.0 Å². The Kier molecular flexibility index (Phi) is 8.37. The van der Waals surface area contributed by atoms with Crippen molar-refractivity contribution in [3.8, 4) is 0 Å². The fourth-order valence-corrected chi connectivity index (χ4v) is 2.21. The van der Waals surface area contributed by atoms with Crippen molar-refractivity contribution >= 4 is 17.2 Å². The van der Waals surface area contributed by atoms with E-state index in [4.69, 9.17) is 27.4 Å². The summed E-state index contributed by atoms with van der Waals surface area (Å²) in [5, 5.41) is 0. The predicted molar refractivity (Wildman–Crippen MR) is 85.9 cm³/mol. The van der Waals surface area contributed by atoms with Crippen molar-refractivity contribution in [1.29, 1.82) is 0 Å². The first-order chi connectivity index (χ1) is 10.1. The average molecular weight is 314 g/mol. The summed E-state index contributed by atoms with van der Waals surface area (Å²) >= 11 is 4.87. The highest BCUT2D eigenvalue weighted by atomic mass is 32.1. The first-order valence-electron chi connectivity index (χ1n) is 6.87. The molecule has 0 bridgehead atoms. The van der Waals surface area contributed by atoms with Gasteiger partial charge in [0.15, 0.2) is 0 Å². The van der Waals surface area contributed by atoms with Gasteiger partial charge in [0.05, 0.1) is 6.61 Å². The van der Waals surface area contributed by atoms with Crippen LogP contribution < -0.4 is 5.73 Å². The Morgan fingerprint density at radius 3 is 2.57 bits per heavy atom. The maximum absolute atomic E-state index is 14.3. The molecule has 0 heterocycles. The van der Waals surface area contributed by atoms with Gasteiger partial charge in [-0.2, -0.15) is 0 Å². The molecule has 1 aromatic carbocycles. The van der Waals surface area contributed by atoms with E-state index in [2.05, 4.69) is 4.90 Å². The van der Waals surface area contributed by atoms with Crippen LogP contribution in [0.2, 0.25) is 0 Å². The lowest BCUT2D eigenvalue weighted by molar-refractivity contribution is 0.128. The van der Waals surface area contributed by atoms with Crippen LogP contribution in [0.4, 0.5) is 4.39 Å². The van der Waals surface area contributed by atoms with Crippen LogP contribution in [-0.4, -0.2) is 50.4 Å². The summed E-state index contributed by atoms with van der Waals surface area (Å²) in [6, 6.07) is 5.13. The Bertz CT molecular complexity index is 457. The van der Waals surface area contributed by atoms with Crippen LogP contribution >= 0.6 is 12.2 Å². The summed E-state index contributed by atoms with van der Waals surface area (Å²) in [7, 11) is 3.33. The van der Waals surface area contributed by atoms with E-state index in [1.54, 1.807) is 32.4 Å². The second-order valence-corrected chi connectivity index (χ2v) is 5.20. The zero-order valence-electron chi connectivity index (χ0n) is 12.6. The highest BCUT2D eigenvalue weighted by Crippen LogP contribution is 2.15. The third-order valence-corrected chi connectivity index (χ3v) is 3.39. The van der Waals surface area contributed by atoms with Gasteiger partial charge in [0.2, 0.25) is 0 Å². The van der Waals surface area contributed by atoms with Crippen molar-refractivity contribution in [3.05, 3.63) is 35.1 Å². The molecule has 0 saturated carbocycles. The Hall–Kier alpha value is -1.08. The van der Waals surface area contributed by atoms with Gasteiger partial charge >= 0.3 is 0 Å². The SMILES string of the molecule is COCCCN(CCOC)Cc1cccc(C(N)=S)c1F. The maximum atomic E-state index is 14.3. The van der Waals surface area contributed by atoms with Gasteiger partial charge in [-0.05, 0) is 12.5 Å². The molecule has 118 valence electrons. The summed E-state index contributed by atoms with van der Waals surface area (Å²) in [5.74, 6) is -0.334. The van der Waals surface area contributed by atoms with Gasteiger partial charge < -0.3 is 15.2 Å². The molecule has 2 N–H and O–H groups in total. The smallest absolute Gasteiger partial charge is 0.137 e. The van der Waals surface area contributed by atoms with Gasteiger partial charge in [0.25, 0.3) is 0 Å². The number of hydrogen-bond donors (Lipinski definition) is 1. The van der Waals surface area contributed by atoms with E-state index in [1.165, 1.54) is 0 Å². The third kappa shape index (κ3) is 6.05. The van der Waals surface area contributed by atoms with Crippen LogP contribution in [0.1, 0.15) is 17.5 Å². The summed E-state index contributed by atoms with van der Waals surface area (Å²) in [6.45, 7) is 3.32. The van der Waals surface area contributed by atoms with E-state index in [0.29, 0.717) is 30.9 Å². The number of nitrogens with two attached hydrogens (primary N) is 1. The monoisotopic (exact) mass is 314 g/mol. The summed E-state index contributed by atoms with van der Waals surface area (Å²) in [4.78, 5) is 2.21. The molecule has 1 rings (SSSR count). The van der Waals surface area contributed by atoms with Crippen LogP contribution in [0.25, 0.3) is 0 Å². The fourth-order valence-electron chi connectivity index (χ4n) is 2.06. The highest BCUT2D eigenvalue weighted by molar-refractivity contribution is 7.80. The first-order valence-corrected chi connectivity index (χ1v) is 7.28. The molecule has 0 unspecified atom stereocenters. The molecule has 4 nitrogen and oxygen atoms in total. The molecule has 0 aliphatic rings. The molecule has 0 atom stereocenters. The lowest BCUT2D eigenvalue weighted by Gasteiger charge is -2.22. The molecule has 0 fully saturated rings. The van der Waals surface area contributed by atoms with E-state index in [1.807, 2.05) is 0 Å². The fraction of sp³-hybridized carbons (Fsp3) is 0.533. The molecule has 1 aromatic rings. The van der Waals surface area contributed by atoms with Crippen LogP contribution in [0.3, 0.4) is 0 Å². The number of nitrogens with zero attached hydrogens (tertiary/aromatic N) is 1. The van der Waals surface area contributed by atoms with E-state index < -0.39 is 0 Å². The Morgan fingerprint density at radius 2 is 1.95 bits per heavy atom. The van der Waals surface area contributed by atoms with E-state index in [0.717, 1.165) is 19.5 Å². The minimum absolute atomic E-state index is 0.0807. The lowest BCUT2D eigenvalue weighted by atomic mass is 10.1.